The first-order valence-corrected chi connectivity index (χ1v) is 6.90. The van der Waals surface area contributed by atoms with Crippen LogP contribution >= 0.6 is 0 Å². The fourth-order valence-corrected chi connectivity index (χ4v) is 2.90. The molecule has 0 aromatic heterocycles. The smallest absolute Gasteiger partial charge is 0.166 e. The molecule has 1 heterocycles. The van der Waals surface area contributed by atoms with Crippen molar-refractivity contribution in [3.05, 3.63) is 35.1 Å². The van der Waals surface area contributed by atoms with Gasteiger partial charge in [-0.25, -0.2) is 13.2 Å². The zero-order chi connectivity index (χ0) is 14.9. The molecule has 1 fully saturated rings. The lowest BCUT2D eigenvalue weighted by Gasteiger charge is -2.42. The summed E-state index contributed by atoms with van der Waals surface area (Å²) in [5, 5.41) is 3.21. The van der Waals surface area contributed by atoms with Crippen LogP contribution < -0.4 is 5.32 Å². The molecule has 0 aliphatic carbocycles. The van der Waals surface area contributed by atoms with Gasteiger partial charge in [-0.3, -0.25) is 4.90 Å². The number of rotatable bonds is 2. The molecule has 0 radical (unpaired) electrons. The third-order valence-corrected chi connectivity index (χ3v) is 3.69. The van der Waals surface area contributed by atoms with Gasteiger partial charge in [0.1, 0.15) is 5.82 Å². The Labute approximate surface area is 118 Å². The van der Waals surface area contributed by atoms with Crippen LogP contribution in [0, 0.1) is 22.9 Å². The molecule has 2 rings (SSSR count). The number of halogens is 3. The first-order chi connectivity index (χ1) is 9.32. The summed E-state index contributed by atoms with van der Waals surface area (Å²) in [4.78, 5) is 2.03. The van der Waals surface area contributed by atoms with Gasteiger partial charge in [0.25, 0.3) is 0 Å². The molecular weight excluding hydrogens is 265 g/mol. The molecule has 0 unspecified atom stereocenters. The summed E-state index contributed by atoms with van der Waals surface area (Å²) in [5.41, 5.74) is -0.549. The van der Waals surface area contributed by atoms with Gasteiger partial charge in [-0.2, -0.15) is 0 Å². The number of nitrogens with one attached hydrogen (secondary N) is 1. The second-order valence-electron chi connectivity index (χ2n) is 6.31. The maximum absolute atomic E-state index is 14.1. The highest BCUT2D eigenvalue weighted by atomic mass is 19.2. The molecule has 0 saturated carbocycles. The number of hydrogen-bond donors (Lipinski definition) is 1. The Kier molecular flexibility index (Phi) is 4.39. The van der Waals surface area contributed by atoms with E-state index >= 15 is 0 Å². The minimum absolute atomic E-state index is 0.153. The second-order valence-corrected chi connectivity index (χ2v) is 6.31. The number of nitrogens with zero attached hydrogens (tertiary/aromatic N) is 1. The normalized spacial score (nSPS) is 19.1. The SMILES string of the molecule is CC(C)(C)[C@H](c1c(F)ccc(F)c1F)N1CCNCC1. The van der Waals surface area contributed by atoms with E-state index in [-0.39, 0.29) is 5.56 Å². The van der Waals surface area contributed by atoms with Crippen molar-refractivity contribution in [1.29, 1.82) is 0 Å². The third-order valence-electron chi connectivity index (χ3n) is 3.69. The van der Waals surface area contributed by atoms with E-state index in [2.05, 4.69) is 5.32 Å². The van der Waals surface area contributed by atoms with Gasteiger partial charge in [-0.15, -0.1) is 0 Å². The van der Waals surface area contributed by atoms with Gasteiger partial charge in [0.2, 0.25) is 0 Å². The summed E-state index contributed by atoms with van der Waals surface area (Å²) in [7, 11) is 0. The average Bonchev–Trinajstić information content (AvgIpc) is 2.39. The van der Waals surface area contributed by atoms with E-state index in [4.69, 9.17) is 0 Å². The van der Waals surface area contributed by atoms with Crippen molar-refractivity contribution in [3.8, 4) is 0 Å². The first-order valence-electron chi connectivity index (χ1n) is 6.90. The zero-order valence-electron chi connectivity index (χ0n) is 12.1. The Morgan fingerprint density at radius 2 is 1.60 bits per heavy atom. The fourth-order valence-electron chi connectivity index (χ4n) is 2.90. The molecule has 1 N–H and O–H groups in total. The predicted molar refractivity (Wildman–Crippen MR) is 73.0 cm³/mol. The minimum atomic E-state index is -1.07. The minimum Gasteiger partial charge on any atom is -0.314 e. The van der Waals surface area contributed by atoms with Gasteiger partial charge >= 0.3 is 0 Å². The van der Waals surface area contributed by atoms with E-state index < -0.39 is 28.9 Å². The van der Waals surface area contributed by atoms with Crippen molar-refractivity contribution in [2.24, 2.45) is 5.41 Å². The number of benzene rings is 1. The van der Waals surface area contributed by atoms with Gasteiger partial charge in [0.15, 0.2) is 11.6 Å². The van der Waals surface area contributed by atoms with Crippen LogP contribution in [-0.2, 0) is 0 Å². The van der Waals surface area contributed by atoms with E-state index in [1.807, 2.05) is 25.7 Å². The monoisotopic (exact) mass is 286 g/mol. The Bertz CT molecular complexity index is 477. The Morgan fingerprint density at radius 1 is 1.05 bits per heavy atom. The summed E-state index contributed by atoms with van der Waals surface area (Å²) in [6.07, 6.45) is 0. The van der Waals surface area contributed by atoms with Crippen LogP contribution in [0.1, 0.15) is 32.4 Å². The molecule has 5 heteroatoms. The third kappa shape index (κ3) is 2.99. The summed E-state index contributed by atoms with van der Waals surface area (Å²) in [5.74, 6) is -2.74. The van der Waals surface area contributed by atoms with Crippen LogP contribution in [0.25, 0.3) is 0 Å². The Hall–Kier alpha value is -1.07. The maximum atomic E-state index is 14.1. The summed E-state index contributed by atoms with van der Waals surface area (Å²) in [6, 6.07) is 1.36. The standard InChI is InChI=1S/C15H21F3N2/c1-15(2,3)14(20-8-6-19-7-9-20)12-10(16)4-5-11(17)13(12)18/h4-5,14,19H,6-9H2,1-3H3/t14-/m0/s1. The highest BCUT2D eigenvalue weighted by Crippen LogP contribution is 2.40. The lowest BCUT2D eigenvalue weighted by Crippen LogP contribution is -2.48. The van der Waals surface area contributed by atoms with E-state index in [0.29, 0.717) is 13.1 Å². The summed E-state index contributed by atoms with van der Waals surface area (Å²) < 4.78 is 41.8. The van der Waals surface area contributed by atoms with Crippen molar-refractivity contribution in [2.75, 3.05) is 26.2 Å². The van der Waals surface area contributed by atoms with Crippen LogP contribution in [0.4, 0.5) is 13.2 Å². The molecule has 0 spiro atoms. The van der Waals surface area contributed by atoms with Crippen molar-refractivity contribution in [1.82, 2.24) is 10.2 Å². The van der Waals surface area contributed by atoms with E-state index in [9.17, 15) is 13.2 Å². The maximum Gasteiger partial charge on any atom is 0.166 e. The average molecular weight is 286 g/mol. The Morgan fingerprint density at radius 3 is 2.15 bits per heavy atom. The van der Waals surface area contributed by atoms with Crippen LogP contribution in [0.3, 0.4) is 0 Å². The van der Waals surface area contributed by atoms with Crippen molar-refractivity contribution in [2.45, 2.75) is 26.8 Å². The van der Waals surface area contributed by atoms with E-state index in [1.54, 1.807) is 0 Å². The highest BCUT2D eigenvalue weighted by molar-refractivity contribution is 5.26. The highest BCUT2D eigenvalue weighted by Gasteiger charge is 2.37. The summed E-state index contributed by atoms with van der Waals surface area (Å²) in [6.45, 7) is 8.68. The van der Waals surface area contributed by atoms with Crippen LogP contribution in [-0.4, -0.2) is 31.1 Å². The molecule has 2 nitrogen and oxygen atoms in total. The second kappa shape index (κ2) is 5.74. The summed E-state index contributed by atoms with van der Waals surface area (Å²) >= 11 is 0. The van der Waals surface area contributed by atoms with Gasteiger partial charge < -0.3 is 5.32 Å². The van der Waals surface area contributed by atoms with E-state index in [0.717, 1.165) is 25.2 Å². The molecule has 0 bridgehead atoms. The van der Waals surface area contributed by atoms with Crippen LogP contribution in [0.15, 0.2) is 12.1 Å². The van der Waals surface area contributed by atoms with E-state index in [1.165, 1.54) is 0 Å². The zero-order valence-corrected chi connectivity index (χ0v) is 12.1. The molecule has 1 atom stereocenters. The van der Waals surface area contributed by atoms with Gasteiger partial charge in [-0.05, 0) is 17.5 Å². The van der Waals surface area contributed by atoms with Gasteiger partial charge in [0, 0.05) is 37.8 Å². The first kappa shape index (κ1) is 15.3. The fraction of sp³-hybridized carbons (Fsp3) is 0.600. The van der Waals surface area contributed by atoms with Crippen LogP contribution in [0.2, 0.25) is 0 Å². The van der Waals surface area contributed by atoms with Crippen molar-refractivity contribution < 1.29 is 13.2 Å². The quantitative estimate of drug-likeness (QED) is 0.840. The molecule has 20 heavy (non-hydrogen) atoms. The largest absolute Gasteiger partial charge is 0.314 e. The molecular formula is C15H21F3N2. The van der Waals surface area contributed by atoms with Gasteiger partial charge in [-0.1, -0.05) is 20.8 Å². The number of hydrogen-bond acceptors (Lipinski definition) is 2. The molecule has 112 valence electrons. The predicted octanol–water partition coefficient (Wildman–Crippen LogP) is 3.10. The molecule has 1 aromatic rings. The molecule has 1 aromatic carbocycles. The molecule has 0 amide bonds. The molecule has 1 aliphatic heterocycles. The number of piperazine rings is 1. The molecule has 1 aliphatic rings. The van der Waals surface area contributed by atoms with Crippen molar-refractivity contribution in [3.63, 3.8) is 0 Å². The van der Waals surface area contributed by atoms with Crippen molar-refractivity contribution >= 4 is 0 Å². The van der Waals surface area contributed by atoms with Crippen LogP contribution in [0.5, 0.6) is 0 Å². The lowest BCUT2D eigenvalue weighted by molar-refractivity contribution is 0.0798. The molecule has 1 saturated heterocycles. The lowest BCUT2D eigenvalue weighted by atomic mass is 9.80. The Balaban J connectivity index is 2.49. The van der Waals surface area contributed by atoms with Gasteiger partial charge in [0.05, 0.1) is 0 Å². The topological polar surface area (TPSA) is 15.3 Å².